The smallest absolute Gasteiger partial charge is 0.166 e. The van der Waals surface area contributed by atoms with E-state index in [9.17, 15) is 17.6 Å². The van der Waals surface area contributed by atoms with Gasteiger partial charge in [-0.25, -0.2) is 17.6 Å². The molecule has 3 aromatic carbocycles. The monoisotopic (exact) mass is 250 g/mol. The number of hydrogen-bond acceptors (Lipinski definition) is 0. The summed E-state index contributed by atoms with van der Waals surface area (Å²) in [7, 11) is 0. The Hall–Kier alpha value is -2.10. The Labute approximate surface area is 99.5 Å². The Kier molecular flexibility index (Phi) is 2.26. The number of hydrogen-bond donors (Lipinski definition) is 0. The zero-order valence-electron chi connectivity index (χ0n) is 8.98. The average molecular weight is 250 g/mol. The fourth-order valence-corrected chi connectivity index (χ4v) is 2.09. The van der Waals surface area contributed by atoms with Crippen molar-refractivity contribution in [2.45, 2.75) is 0 Å². The van der Waals surface area contributed by atoms with Gasteiger partial charge in [0.05, 0.1) is 0 Å². The van der Waals surface area contributed by atoms with Gasteiger partial charge >= 0.3 is 0 Å². The Morgan fingerprint density at radius 1 is 0.444 bits per heavy atom. The molecule has 0 atom stereocenters. The van der Waals surface area contributed by atoms with E-state index in [4.69, 9.17) is 0 Å². The molecule has 0 nitrogen and oxygen atoms in total. The maximum Gasteiger partial charge on any atom is 0.166 e. The first-order valence-electron chi connectivity index (χ1n) is 5.24. The van der Waals surface area contributed by atoms with Crippen molar-refractivity contribution in [2.24, 2.45) is 0 Å². The zero-order chi connectivity index (χ0) is 12.9. The first-order valence-corrected chi connectivity index (χ1v) is 5.24. The van der Waals surface area contributed by atoms with Gasteiger partial charge in [-0.15, -0.1) is 0 Å². The van der Waals surface area contributed by atoms with Crippen molar-refractivity contribution >= 4 is 21.5 Å². The van der Waals surface area contributed by atoms with Crippen LogP contribution in [0.5, 0.6) is 0 Å². The maximum absolute atomic E-state index is 13.6. The summed E-state index contributed by atoms with van der Waals surface area (Å²) in [6.07, 6.45) is 0. The molecule has 0 fully saturated rings. The van der Waals surface area contributed by atoms with Gasteiger partial charge in [0.2, 0.25) is 0 Å². The molecule has 18 heavy (non-hydrogen) atoms. The van der Waals surface area contributed by atoms with Crippen LogP contribution in [0.25, 0.3) is 21.5 Å². The fraction of sp³-hybridized carbons (Fsp3) is 0. The summed E-state index contributed by atoms with van der Waals surface area (Å²) in [6.45, 7) is 0. The summed E-state index contributed by atoms with van der Waals surface area (Å²) < 4.78 is 53.3. The molecular formula is C14H6F4. The van der Waals surface area contributed by atoms with E-state index in [-0.39, 0.29) is 10.8 Å². The van der Waals surface area contributed by atoms with E-state index >= 15 is 0 Å². The van der Waals surface area contributed by atoms with Crippen molar-refractivity contribution in [1.29, 1.82) is 0 Å². The van der Waals surface area contributed by atoms with Crippen LogP contribution in [-0.2, 0) is 0 Å². The Morgan fingerprint density at radius 2 is 0.778 bits per heavy atom. The molecule has 0 bridgehead atoms. The molecule has 0 aliphatic rings. The molecule has 0 radical (unpaired) electrons. The van der Waals surface area contributed by atoms with Gasteiger partial charge in [0.15, 0.2) is 23.3 Å². The first kappa shape index (κ1) is 11.0. The van der Waals surface area contributed by atoms with Crippen LogP contribution in [0.15, 0.2) is 36.4 Å². The first-order chi connectivity index (χ1) is 8.59. The van der Waals surface area contributed by atoms with E-state index < -0.39 is 23.3 Å². The van der Waals surface area contributed by atoms with E-state index in [1.807, 2.05) is 0 Å². The summed E-state index contributed by atoms with van der Waals surface area (Å²) in [5.74, 6) is -3.91. The van der Waals surface area contributed by atoms with Crippen molar-refractivity contribution in [1.82, 2.24) is 0 Å². The third-order valence-electron chi connectivity index (χ3n) is 2.97. The van der Waals surface area contributed by atoms with Gasteiger partial charge in [-0.1, -0.05) is 24.3 Å². The largest absolute Gasteiger partial charge is 0.204 e. The summed E-state index contributed by atoms with van der Waals surface area (Å²) in [5, 5.41) is 0.803. The number of rotatable bonds is 0. The molecule has 0 heterocycles. The molecule has 90 valence electrons. The third-order valence-corrected chi connectivity index (χ3v) is 2.97. The molecule has 0 spiro atoms. The molecule has 0 saturated carbocycles. The van der Waals surface area contributed by atoms with Crippen LogP contribution in [0, 0.1) is 23.3 Å². The molecule has 4 heteroatoms. The standard InChI is InChI=1S/C14H6F4/c15-11-5-3-7-8-4-6-12(16)14(18)10(8)2-1-9(7)13(11)17/h1-6H. The topological polar surface area (TPSA) is 0 Å². The second-order valence-electron chi connectivity index (χ2n) is 3.98. The van der Waals surface area contributed by atoms with Gasteiger partial charge in [0.1, 0.15) is 0 Å². The normalized spacial score (nSPS) is 11.3. The SMILES string of the molecule is Fc1ccc2c(ccc3c(F)c(F)ccc32)c1F. The Morgan fingerprint density at radius 3 is 1.17 bits per heavy atom. The fourth-order valence-electron chi connectivity index (χ4n) is 2.09. The lowest BCUT2D eigenvalue weighted by atomic mass is 10.0. The van der Waals surface area contributed by atoms with E-state index in [0.29, 0.717) is 10.8 Å². The maximum atomic E-state index is 13.6. The quantitative estimate of drug-likeness (QED) is 0.405. The van der Waals surface area contributed by atoms with E-state index in [1.54, 1.807) is 0 Å². The predicted octanol–water partition coefficient (Wildman–Crippen LogP) is 4.55. The van der Waals surface area contributed by atoms with Crippen LogP contribution in [0.4, 0.5) is 17.6 Å². The van der Waals surface area contributed by atoms with Crippen molar-refractivity contribution in [3.63, 3.8) is 0 Å². The van der Waals surface area contributed by atoms with Crippen LogP contribution in [-0.4, -0.2) is 0 Å². The van der Waals surface area contributed by atoms with E-state index in [0.717, 1.165) is 12.1 Å². The summed E-state index contributed by atoms with van der Waals surface area (Å²) >= 11 is 0. The molecule has 0 unspecified atom stereocenters. The van der Waals surface area contributed by atoms with Crippen LogP contribution in [0.1, 0.15) is 0 Å². The van der Waals surface area contributed by atoms with Gasteiger partial charge in [-0.3, -0.25) is 0 Å². The highest BCUT2D eigenvalue weighted by atomic mass is 19.2. The van der Waals surface area contributed by atoms with Gasteiger partial charge in [0.25, 0.3) is 0 Å². The molecule has 0 aliphatic carbocycles. The van der Waals surface area contributed by atoms with E-state index in [1.165, 1.54) is 24.3 Å². The minimum absolute atomic E-state index is 0.0495. The molecule has 0 amide bonds. The van der Waals surface area contributed by atoms with E-state index in [2.05, 4.69) is 0 Å². The molecule has 0 saturated heterocycles. The molecular weight excluding hydrogens is 244 g/mol. The van der Waals surface area contributed by atoms with Crippen molar-refractivity contribution in [3.8, 4) is 0 Å². The second kappa shape index (κ2) is 3.70. The third kappa shape index (κ3) is 1.38. The van der Waals surface area contributed by atoms with Crippen LogP contribution < -0.4 is 0 Å². The van der Waals surface area contributed by atoms with Gasteiger partial charge in [-0.05, 0) is 22.9 Å². The average Bonchev–Trinajstić information content (AvgIpc) is 2.38. The Bertz CT molecular complexity index is 711. The van der Waals surface area contributed by atoms with Gasteiger partial charge < -0.3 is 0 Å². The Balaban J connectivity index is 2.56. The highest BCUT2D eigenvalue weighted by Gasteiger charge is 2.13. The molecule has 0 aliphatic heterocycles. The van der Waals surface area contributed by atoms with Crippen molar-refractivity contribution in [3.05, 3.63) is 59.7 Å². The van der Waals surface area contributed by atoms with Crippen LogP contribution in [0.2, 0.25) is 0 Å². The lowest BCUT2D eigenvalue weighted by Gasteiger charge is -2.06. The predicted molar refractivity (Wildman–Crippen MR) is 61.3 cm³/mol. The highest BCUT2D eigenvalue weighted by Crippen LogP contribution is 2.30. The second-order valence-corrected chi connectivity index (χ2v) is 3.98. The lowest BCUT2D eigenvalue weighted by Crippen LogP contribution is -1.90. The minimum Gasteiger partial charge on any atom is -0.204 e. The minimum atomic E-state index is -0.987. The number of halogens is 4. The van der Waals surface area contributed by atoms with Crippen LogP contribution in [0.3, 0.4) is 0 Å². The van der Waals surface area contributed by atoms with Crippen molar-refractivity contribution < 1.29 is 17.6 Å². The lowest BCUT2D eigenvalue weighted by molar-refractivity contribution is 0.516. The summed E-state index contributed by atoms with van der Waals surface area (Å²) in [4.78, 5) is 0. The van der Waals surface area contributed by atoms with Crippen molar-refractivity contribution in [2.75, 3.05) is 0 Å². The summed E-state index contributed by atoms with van der Waals surface area (Å²) in [5.41, 5.74) is 0. The van der Waals surface area contributed by atoms with Gasteiger partial charge in [-0.2, -0.15) is 0 Å². The number of fused-ring (bicyclic) bond motifs is 3. The molecule has 0 aromatic heterocycles. The zero-order valence-corrected chi connectivity index (χ0v) is 8.98. The molecule has 3 rings (SSSR count). The number of benzene rings is 3. The van der Waals surface area contributed by atoms with Crippen LogP contribution >= 0.6 is 0 Å². The molecule has 3 aromatic rings. The van der Waals surface area contributed by atoms with Gasteiger partial charge in [0, 0.05) is 10.8 Å². The molecule has 0 N–H and O–H groups in total. The highest BCUT2D eigenvalue weighted by molar-refractivity contribution is 6.07. The summed E-state index contributed by atoms with van der Waals surface area (Å²) in [6, 6.07) is 7.15.